The molecular weight excluding hydrogens is 288 g/mol. The summed E-state index contributed by atoms with van der Waals surface area (Å²) in [5, 5.41) is 2.22. The number of sulfone groups is 1. The van der Waals surface area contributed by atoms with Crippen LogP contribution in [0.1, 0.15) is 48.5 Å². The number of rotatable bonds is 6. The van der Waals surface area contributed by atoms with Crippen LogP contribution in [0, 0.1) is 11.3 Å². The maximum atomic E-state index is 12.4. The molecule has 0 heterocycles. The highest BCUT2D eigenvalue weighted by Crippen LogP contribution is 2.17. The predicted molar refractivity (Wildman–Crippen MR) is 88.2 cm³/mol. The van der Waals surface area contributed by atoms with Gasteiger partial charge in [0.2, 0.25) is 0 Å². The topological polar surface area (TPSA) is 66.5 Å². The molecule has 0 radical (unpaired) electrons. The highest BCUT2D eigenvalue weighted by molar-refractivity contribution is 7.91. The number of hydrogen-bond acceptors (Lipinski definition) is 3. The average Bonchev–Trinajstić information content (AvgIpc) is 2.22. The van der Waals surface area contributed by atoms with Crippen molar-refractivity contribution in [2.45, 2.75) is 59.8 Å². The van der Waals surface area contributed by atoms with Gasteiger partial charge in [-0.2, -0.15) is 0 Å². The molecule has 6 heteroatoms. The van der Waals surface area contributed by atoms with Crippen molar-refractivity contribution in [2.24, 2.45) is 11.3 Å². The molecule has 0 bridgehead atoms. The summed E-state index contributed by atoms with van der Waals surface area (Å²) in [6.07, 6.45) is 1.20. The summed E-state index contributed by atoms with van der Waals surface area (Å²) in [5.74, 6) is 0.362. The van der Waals surface area contributed by atoms with E-state index >= 15 is 0 Å². The fourth-order valence-corrected chi connectivity index (χ4v) is 2.82. The zero-order chi connectivity index (χ0) is 17.0. The number of carbonyl (C=O) groups is 1. The predicted octanol–water partition coefficient (Wildman–Crippen LogP) is 2.52. The maximum absolute atomic E-state index is 12.4. The molecule has 0 aromatic carbocycles. The fourth-order valence-electron chi connectivity index (χ4n) is 2.01. The van der Waals surface area contributed by atoms with Gasteiger partial charge >= 0.3 is 6.03 Å². The SMILES string of the molecule is CC(C)CN(CC(C)(C)C)C(=O)NC(C)C(C)S(C)(=O)=O. The molecular formula is C15H32N2O3S. The highest BCUT2D eigenvalue weighted by atomic mass is 32.2. The molecule has 0 rings (SSSR count). The smallest absolute Gasteiger partial charge is 0.317 e. The Kier molecular flexibility index (Phi) is 7.20. The van der Waals surface area contributed by atoms with Gasteiger partial charge in [-0.15, -0.1) is 0 Å². The second kappa shape index (κ2) is 7.47. The highest BCUT2D eigenvalue weighted by Gasteiger charge is 2.27. The van der Waals surface area contributed by atoms with E-state index in [9.17, 15) is 13.2 Å². The summed E-state index contributed by atoms with van der Waals surface area (Å²) < 4.78 is 23.1. The van der Waals surface area contributed by atoms with Gasteiger partial charge in [-0.25, -0.2) is 13.2 Å². The minimum absolute atomic E-state index is 0.00207. The lowest BCUT2D eigenvalue weighted by atomic mass is 9.95. The van der Waals surface area contributed by atoms with Gasteiger partial charge in [-0.05, 0) is 25.2 Å². The molecule has 0 spiro atoms. The Morgan fingerprint density at radius 1 is 1.14 bits per heavy atom. The summed E-state index contributed by atoms with van der Waals surface area (Å²) in [5.41, 5.74) is -0.00207. The largest absolute Gasteiger partial charge is 0.334 e. The Morgan fingerprint density at radius 3 is 1.95 bits per heavy atom. The first-order valence-corrected chi connectivity index (χ1v) is 9.44. The van der Waals surface area contributed by atoms with Crippen molar-refractivity contribution < 1.29 is 13.2 Å². The molecule has 126 valence electrons. The molecule has 5 nitrogen and oxygen atoms in total. The normalized spacial score (nSPS) is 15.7. The third-order valence-electron chi connectivity index (χ3n) is 3.27. The molecule has 0 aliphatic heterocycles. The minimum Gasteiger partial charge on any atom is -0.334 e. The van der Waals surface area contributed by atoms with E-state index in [0.29, 0.717) is 19.0 Å². The molecule has 0 saturated carbocycles. The first-order valence-electron chi connectivity index (χ1n) is 7.48. The number of nitrogens with zero attached hydrogens (tertiary/aromatic N) is 1. The molecule has 0 aliphatic carbocycles. The molecule has 0 fully saturated rings. The van der Waals surface area contributed by atoms with Crippen molar-refractivity contribution in [3.63, 3.8) is 0 Å². The van der Waals surface area contributed by atoms with Crippen LogP contribution >= 0.6 is 0 Å². The van der Waals surface area contributed by atoms with Gasteiger partial charge in [0, 0.05) is 25.4 Å². The van der Waals surface area contributed by atoms with E-state index in [1.165, 1.54) is 6.26 Å². The van der Waals surface area contributed by atoms with Gasteiger partial charge < -0.3 is 10.2 Å². The van der Waals surface area contributed by atoms with Gasteiger partial charge in [0.25, 0.3) is 0 Å². The number of carbonyl (C=O) groups excluding carboxylic acids is 1. The molecule has 2 atom stereocenters. The number of urea groups is 1. The maximum Gasteiger partial charge on any atom is 0.317 e. The Morgan fingerprint density at radius 2 is 1.62 bits per heavy atom. The zero-order valence-electron chi connectivity index (χ0n) is 14.7. The summed E-state index contributed by atoms with van der Waals surface area (Å²) >= 11 is 0. The molecule has 0 aromatic heterocycles. The van der Waals surface area contributed by atoms with Crippen molar-refractivity contribution >= 4 is 15.9 Å². The van der Waals surface area contributed by atoms with Crippen molar-refractivity contribution in [3.8, 4) is 0 Å². The van der Waals surface area contributed by atoms with Gasteiger partial charge in [0.1, 0.15) is 0 Å². The molecule has 2 amide bonds. The number of amides is 2. The number of hydrogen-bond donors (Lipinski definition) is 1. The lowest BCUT2D eigenvalue weighted by Crippen LogP contribution is -2.51. The third kappa shape index (κ3) is 8.29. The molecule has 0 aromatic rings. The first kappa shape index (κ1) is 20.2. The minimum atomic E-state index is -3.16. The summed E-state index contributed by atoms with van der Waals surface area (Å²) in [7, 11) is -3.16. The monoisotopic (exact) mass is 320 g/mol. The first-order chi connectivity index (χ1) is 9.24. The van der Waals surface area contributed by atoms with Crippen molar-refractivity contribution in [1.82, 2.24) is 10.2 Å². The second-order valence-corrected chi connectivity index (χ2v) is 10.0. The van der Waals surface area contributed by atoms with Crippen LogP contribution in [0.3, 0.4) is 0 Å². The standard InChI is InChI=1S/C15H32N2O3S/c1-11(2)9-17(10-15(5,6)7)14(18)16-12(3)13(4)21(8,19)20/h11-13H,9-10H2,1-8H3,(H,16,18). The Bertz CT molecular complexity index is 438. The van der Waals surface area contributed by atoms with E-state index in [2.05, 4.69) is 39.9 Å². The summed E-state index contributed by atoms with van der Waals surface area (Å²) in [4.78, 5) is 14.2. The third-order valence-corrected chi connectivity index (χ3v) is 5.03. The summed E-state index contributed by atoms with van der Waals surface area (Å²) in [6.45, 7) is 15.0. The van der Waals surface area contributed by atoms with Crippen LogP contribution in [0.25, 0.3) is 0 Å². The quantitative estimate of drug-likeness (QED) is 0.818. The van der Waals surface area contributed by atoms with Gasteiger partial charge in [0.05, 0.1) is 5.25 Å². The van der Waals surface area contributed by atoms with Crippen LogP contribution in [-0.2, 0) is 9.84 Å². The van der Waals surface area contributed by atoms with E-state index in [1.54, 1.807) is 18.7 Å². The lowest BCUT2D eigenvalue weighted by Gasteiger charge is -2.33. The van der Waals surface area contributed by atoms with Crippen LogP contribution in [-0.4, -0.2) is 50.0 Å². The summed E-state index contributed by atoms with van der Waals surface area (Å²) in [6, 6.07) is -0.608. The van der Waals surface area contributed by atoms with Crippen molar-refractivity contribution in [2.75, 3.05) is 19.3 Å². The number of nitrogens with one attached hydrogen (secondary N) is 1. The van der Waals surface area contributed by atoms with E-state index < -0.39 is 21.1 Å². The van der Waals surface area contributed by atoms with E-state index in [4.69, 9.17) is 0 Å². The van der Waals surface area contributed by atoms with Crippen LogP contribution in [0.2, 0.25) is 0 Å². The van der Waals surface area contributed by atoms with Crippen molar-refractivity contribution in [3.05, 3.63) is 0 Å². The average molecular weight is 320 g/mol. The van der Waals surface area contributed by atoms with Crippen molar-refractivity contribution in [1.29, 1.82) is 0 Å². The molecule has 1 N–H and O–H groups in total. The van der Waals surface area contributed by atoms with Crippen LogP contribution in [0.15, 0.2) is 0 Å². The second-order valence-electron chi connectivity index (χ2n) is 7.61. The van der Waals surface area contributed by atoms with Gasteiger partial charge in [0.15, 0.2) is 9.84 Å². The van der Waals surface area contributed by atoms with Gasteiger partial charge in [-0.3, -0.25) is 0 Å². The van der Waals surface area contributed by atoms with E-state index in [-0.39, 0.29) is 11.4 Å². The Labute approximate surface area is 130 Å². The zero-order valence-corrected chi connectivity index (χ0v) is 15.5. The molecule has 0 saturated heterocycles. The lowest BCUT2D eigenvalue weighted by molar-refractivity contribution is 0.162. The molecule has 0 aliphatic rings. The molecule has 21 heavy (non-hydrogen) atoms. The van der Waals surface area contributed by atoms with E-state index in [1.807, 2.05) is 0 Å². The van der Waals surface area contributed by atoms with Crippen LogP contribution < -0.4 is 5.32 Å². The molecule has 2 unspecified atom stereocenters. The fraction of sp³-hybridized carbons (Fsp3) is 0.933. The Balaban J connectivity index is 4.89. The van der Waals surface area contributed by atoms with E-state index in [0.717, 1.165) is 0 Å². The van der Waals surface area contributed by atoms with Crippen LogP contribution in [0.5, 0.6) is 0 Å². The Hall–Kier alpha value is -0.780. The van der Waals surface area contributed by atoms with Crippen LogP contribution in [0.4, 0.5) is 4.79 Å². The van der Waals surface area contributed by atoms with Gasteiger partial charge in [-0.1, -0.05) is 34.6 Å².